The lowest BCUT2D eigenvalue weighted by Crippen LogP contribution is -2.22. The van der Waals surface area contributed by atoms with Crippen molar-refractivity contribution in [3.05, 3.63) is 23.2 Å². The average molecular weight is 402 g/mol. The number of ether oxygens (including phenoxy) is 1. The van der Waals surface area contributed by atoms with Crippen molar-refractivity contribution in [2.75, 3.05) is 19.8 Å². The van der Waals surface area contributed by atoms with Crippen LogP contribution in [0, 0.1) is 5.92 Å². The van der Waals surface area contributed by atoms with Crippen molar-refractivity contribution in [3.8, 4) is 0 Å². The highest BCUT2D eigenvalue weighted by Crippen LogP contribution is 2.52. The summed E-state index contributed by atoms with van der Waals surface area (Å²) in [4.78, 5) is 35.6. The first-order valence-corrected chi connectivity index (χ1v) is 10.6. The highest BCUT2D eigenvalue weighted by molar-refractivity contribution is 7.53. The predicted molar refractivity (Wildman–Crippen MR) is 97.8 cm³/mol. The molecule has 0 spiro atoms. The molecule has 0 saturated heterocycles. The number of ketones is 2. The van der Waals surface area contributed by atoms with E-state index in [1.807, 2.05) is 0 Å². The molecule has 1 aromatic heterocycles. The molecule has 0 aliphatic carbocycles. The van der Waals surface area contributed by atoms with Gasteiger partial charge in [-0.05, 0) is 52.7 Å². The first-order valence-electron chi connectivity index (χ1n) is 8.85. The third kappa shape index (κ3) is 6.72. The van der Waals surface area contributed by atoms with E-state index in [-0.39, 0.29) is 55.5 Å². The highest BCUT2D eigenvalue weighted by atomic mass is 31.2. The third-order valence-corrected chi connectivity index (χ3v) is 5.75. The summed E-state index contributed by atoms with van der Waals surface area (Å²) in [5.74, 6) is -2.08. The van der Waals surface area contributed by atoms with Gasteiger partial charge < -0.3 is 18.2 Å². The number of hydrogen-bond donors (Lipinski definition) is 0. The Morgan fingerprint density at radius 3 is 2.04 bits per heavy atom. The summed E-state index contributed by atoms with van der Waals surface area (Å²) in [5.41, 5.74) is 0.424. The van der Waals surface area contributed by atoms with Crippen LogP contribution in [0.25, 0.3) is 0 Å². The highest BCUT2D eigenvalue weighted by Gasteiger charge is 2.31. The molecular weight excluding hydrogens is 375 g/mol. The molecule has 1 heterocycles. The van der Waals surface area contributed by atoms with Gasteiger partial charge in [0.1, 0.15) is 23.5 Å². The van der Waals surface area contributed by atoms with Crippen LogP contribution in [0.5, 0.6) is 0 Å². The van der Waals surface area contributed by atoms with Crippen LogP contribution in [-0.2, 0) is 40.5 Å². The van der Waals surface area contributed by atoms with Crippen molar-refractivity contribution in [3.63, 3.8) is 0 Å². The molecule has 27 heavy (non-hydrogen) atoms. The standard InChI is InChI=1S/C18H27O8P/c1-6-23-18(21)16-10-14(9-15(12(4)19)13(5)20)17(26-16)11-27(22,24-7-2)25-8-3/h10,15H,6-9,11H2,1-5H3. The Bertz CT molecular complexity index is 697. The molecule has 0 atom stereocenters. The summed E-state index contributed by atoms with van der Waals surface area (Å²) in [6.45, 7) is 8.16. The Kier molecular flexibility index (Phi) is 9.09. The molecule has 8 nitrogen and oxygen atoms in total. The van der Waals surface area contributed by atoms with Gasteiger partial charge in [-0.2, -0.15) is 0 Å². The zero-order valence-corrected chi connectivity index (χ0v) is 17.3. The Morgan fingerprint density at radius 2 is 1.59 bits per heavy atom. The summed E-state index contributed by atoms with van der Waals surface area (Å²) in [6.07, 6.45) is -0.187. The molecule has 0 radical (unpaired) electrons. The SMILES string of the molecule is CCOC(=O)c1cc(CC(C(C)=O)C(C)=O)c(CP(=O)(OCC)OCC)o1. The lowest BCUT2D eigenvalue weighted by Gasteiger charge is -2.17. The minimum Gasteiger partial charge on any atom is -0.460 e. The average Bonchev–Trinajstić information content (AvgIpc) is 2.95. The molecule has 0 bridgehead atoms. The van der Waals surface area contributed by atoms with Crippen LogP contribution in [0.3, 0.4) is 0 Å². The van der Waals surface area contributed by atoms with Crippen molar-refractivity contribution < 1.29 is 37.2 Å². The zero-order valence-electron chi connectivity index (χ0n) is 16.4. The zero-order chi connectivity index (χ0) is 20.6. The Labute approximate surface area is 159 Å². The van der Waals surface area contributed by atoms with Crippen molar-refractivity contribution >= 4 is 25.1 Å². The number of hydrogen-bond acceptors (Lipinski definition) is 8. The molecule has 1 aromatic rings. The molecule has 0 fully saturated rings. The number of furan rings is 1. The number of Topliss-reactive ketones (excluding diaryl/α,β-unsaturated/α-hetero) is 2. The maximum atomic E-state index is 12.8. The van der Waals surface area contributed by atoms with E-state index in [0.29, 0.717) is 5.56 Å². The van der Waals surface area contributed by atoms with Gasteiger partial charge in [0.2, 0.25) is 5.76 Å². The van der Waals surface area contributed by atoms with Crippen LogP contribution in [0.15, 0.2) is 10.5 Å². The smallest absolute Gasteiger partial charge is 0.374 e. The first kappa shape index (κ1) is 23.3. The fourth-order valence-electron chi connectivity index (χ4n) is 2.57. The van der Waals surface area contributed by atoms with Crippen LogP contribution in [-0.4, -0.2) is 37.4 Å². The van der Waals surface area contributed by atoms with Crippen molar-refractivity contribution in [1.82, 2.24) is 0 Å². The number of carbonyl (C=O) groups excluding carboxylic acids is 3. The van der Waals surface area contributed by atoms with E-state index in [0.717, 1.165) is 0 Å². The molecule has 9 heteroatoms. The summed E-state index contributed by atoms with van der Waals surface area (Å²) in [6, 6.07) is 1.41. The van der Waals surface area contributed by atoms with E-state index in [2.05, 4.69) is 0 Å². The fourth-order valence-corrected chi connectivity index (χ4v) is 4.23. The van der Waals surface area contributed by atoms with E-state index in [9.17, 15) is 18.9 Å². The number of rotatable bonds is 12. The monoisotopic (exact) mass is 402 g/mol. The van der Waals surface area contributed by atoms with Gasteiger partial charge >= 0.3 is 13.6 Å². The van der Waals surface area contributed by atoms with Gasteiger partial charge in [-0.25, -0.2) is 4.79 Å². The van der Waals surface area contributed by atoms with Gasteiger partial charge in [0.25, 0.3) is 0 Å². The Morgan fingerprint density at radius 1 is 1.04 bits per heavy atom. The van der Waals surface area contributed by atoms with Crippen LogP contribution in [0.2, 0.25) is 0 Å². The van der Waals surface area contributed by atoms with E-state index >= 15 is 0 Å². The molecule has 0 aromatic carbocycles. The quantitative estimate of drug-likeness (QED) is 0.297. The molecule has 0 unspecified atom stereocenters. The van der Waals surface area contributed by atoms with Gasteiger partial charge in [-0.15, -0.1) is 0 Å². The van der Waals surface area contributed by atoms with Gasteiger partial charge in [0.05, 0.1) is 25.7 Å². The molecule has 0 saturated carbocycles. The van der Waals surface area contributed by atoms with Crippen LogP contribution >= 0.6 is 7.60 Å². The minimum atomic E-state index is -3.51. The van der Waals surface area contributed by atoms with E-state index < -0.39 is 19.5 Å². The maximum Gasteiger partial charge on any atom is 0.374 e. The molecule has 0 aliphatic heterocycles. The van der Waals surface area contributed by atoms with Crippen molar-refractivity contribution in [2.24, 2.45) is 5.92 Å². The summed E-state index contributed by atoms with van der Waals surface area (Å²) >= 11 is 0. The van der Waals surface area contributed by atoms with E-state index in [1.165, 1.54) is 19.9 Å². The third-order valence-electron chi connectivity index (χ3n) is 3.77. The van der Waals surface area contributed by atoms with E-state index in [4.69, 9.17) is 18.2 Å². The van der Waals surface area contributed by atoms with Crippen molar-refractivity contribution in [1.29, 1.82) is 0 Å². The largest absolute Gasteiger partial charge is 0.460 e. The molecule has 152 valence electrons. The van der Waals surface area contributed by atoms with Gasteiger partial charge in [0, 0.05) is 0 Å². The fraction of sp³-hybridized carbons (Fsp3) is 0.611. The van der Waals surface area contributed by atoms with Crippen LogP contribution in [0.4, 0.5) is 0 Å². The molecular formula is C18H27O8P. The Balaban J connectivity index is 3.29. The van der Waals surface area contributed by atoms with E-state index in [1.54, 1.807) is 20.8 Å². The molecule has 0 aliphatic rings. The van der Waals surface area contributed by atoms with Gasteiger partial charge in [-0.3, -0.25) is 14.2 Å². The topological polar surface area (TPSA) is 109 Å². The second-order valence-corrected chi connectivity index (χ2v) is 7.92. The first-order chi connectivity index (χ1) is 12.7. The van der Waals surface area contributed by atoms with Crippen LogP contribution in [0.1, 0.15) is 56.5 Å². The normalized spacial score (nSPS) is 11.6. The second-order valence-electron chi connectivity index (χ2n) is 5.86. The van der Waals surface area contributed by atoms with Gasteiger partial charge in [0.15, 0.2) is 0 Å². The minimum absolute atomic E-state index is 0.0289. The molecule has 0 N–H and O–H groups in total. The number of esters is 1. The lowest BCUT2D eigenvalue weighted by molar-refractivity contribution is -0.130. The maximum absolute atomic E-state index is 12.8. The predicted octanol–water partition coefficient (Wildman–Crippen LogP) is 3.56. The lowest BCUT2D eigenvalue weighted by atomic mass is 9.93. The summed E-state index contributed by atoms with van der Waals surface area (Å²) < 4.78 is 33.8. The summed E-state index contributed by atoms with van der Waals surface area (Å²) in [7, 11) is -3.51. The molecule has 0 amide bonds. The molecule has 1 rings (SSSR count). The van der Waals surface area contributed by atoms with Crippen LogP contribution < -0.4 is 0 Å². The second kappa shape index (κ2) is 10.5. The number of carbonyl (C=O) groups is 3. The Hall–Kier alpha value is -1.76. The summed E-state index contributed by atoms with van der Waals surface area (Å²) in [5, 5.41) is 0. The van der Waals surface area contributed by atoms with Gasteiger partial charge in [-0.1, -0.05) is 0 Å². The van der Waals surface area contributed by atoms with Crippen molar-refractivity contribution in [2.45, 2.75) is 47.2 Å².